The monoisotopic (exact) mass is 1040 g/mol. The maximum Gasteiger partial charge on any atom is 0.242 e. The summed E-state index contributed by atoms with van der Waals surface area (Å²) in [6.45, 7) is 0. The second-order valence-corrected chi connectivity index (χ2v) is 27.8. The van der Waals surface area contributed by atoms with Crippen LogP contribution in [0.15, 0.2) is 297 Å². The van der Waals surface area contributed by atoms with E-state index in [1.807, 2.05) is 24.3 Å². The Morgan fingerprint density at radius 3 is 1.04 bits per heavy atom. The van der Waals surface area contributed by atoms with E-state index in [1.54, 1.807) is 0 Å². The highest BCUT2D eigenvalue weighted by atomic mass is 28.3. The minimum atomic E-state index is -3.00. The highest BCUT2D eigenvalue weighted by Crippen LogP contribution is 2.34. The Morgan fingerprint density at radius 2 is 0.608 bits per heavy atom. The van der Waals surface area contributed by atoms with E-state index in [2.05, 4.69) is 287 Å². The summed E-state index contributed by atoms with van der Waals surface area (Å²) >= 11 is 0. The zero-order chi connectivity index (χ0) is 52.3. The molecule has 0 fully saturated rings. The SMILES string of the molecule is c1ccc(-c2nc(-n3c4ccc([Si](c5ccccc5)(c5ccccc5)c5ccccc5)cc4c4cc([Si](c5ccccc5)(c5ccccc5)c5ccccc5)ccc43)nc(-n3c4ccccc4n4c5ccccc5nc34)n2)cc1. The number of hydrogen-bond donors (Lipinski definition) is 0. The average Bonchev–Trinajstić information content (AvgIpc) is 4.32. The van der Waals surface area contributed by atoms with Crippen molar-refractivity contribution < 1.29 is 0 Å². The molecule has 4 aromatic heterocycles. The Bertz CT molecular complexity index is 4330. The molecular formula is C70H49N7Si2. The van der Waals surface area contributed by atoms with Crippen LogP contribution in [0.2, 0.25) is 0 Å². The van der Waals surface area contributed by atoms with Gasteiger partial charge in [-0.1, -0.05) is 261 Å². The van der Waals surface area contributed by atoms with E-state index in [-0.39, 0.29) is 0 Å². The van der Waals surface area contributed by atoms with Gasteiger partial charge in [-0.2, -0.15) is 15.0 Å². The Morgan fingerprint density at radius 1 is 0.253 bits per heavy atom. The molecule has 15 aromatic rings. The van der Waals surface area contributed by atoms with E-state index in [0.717, 1.165) is 55.2 Å². The Balaban J connectivity index is 1.08. The van der Waals surface area contributed by atoms with Crippen molar-refractivity contribution in [2.24, 2.45) is 0 Å². The largest absolute Gasteiger partial charge is 0.278 e. The van der Waals surface area contributed by atoms with Crippen LogP contribution in [0.5, 0.6) is 0 Å². The first-order chi connectivity index (χ1) is 39.2. The van der Waals surface area contributed by atoms with Crippen LogP contribution in [0.4, 0.5) is 0 Å². The number of imidazole rings is 2. The fraction of sp³-hybridized carbons (Fsp3) is 0. The smallest absolute Gasteiger partial charge is 0.242 e. The van der Waals surface area contributed by atoms with Crippen molar-refractivity contribution in [3.8, 4) is 23.3 Å². The van der Waals surface area contributed by atoms with Crippen molar-refractivity contribution in [2.45, 2.75) is 0 Å². The maximum atomic E-state index is 5.61. The lowest BCUT2D eigenvalue weighted by Crippen LogP contribution is -2.74. The van der Waals surface area contributed by atoms with Crippen LogP contribution in [0, 0.1) is 0 Å². The number of nitrogens with zero attached hydrogens (tertiary/aromatic N) is 7. The first kappa shape index (κ1) is 46.3. The van der Waals surface area contributed by atoms with E-state index in [4.69, 9.17) is 19.9 Å². The molecule has 0 aliphatic rings. The number of aromatic nitrogens is 7. The van der Waals surface area contributed by atoms with Crippen LogP contribution in [0.1, 0.15) is 0 Å². The van der Waals surface area contributed by atoms with Crippen LogP contribution >= 0.6 is 0 Å². The van der Waals surface area contributed by atoms with Gasteiger partial charge in [0.2, 0.25) is 17.7 Å². The van der Waals surface area contributed by atoms with E-state index >= 15 is 0 Å². The molecule has 0 N–H and O–H groups in total. The first-order valence-electron chi connectivity index (χ1n) is 26.8. The molecule has 7 nitrogen and oxygen atoms in total. The van der Waals surface area contributed by atoms with Crippen LogP contribution < -0.4 is 41.5 Å². The van der Waals surface area contributed by atoms with Gasteiger partial charge in [-0.05, 0) is 77.9 Å². The van der Waals surface area contributed by atoms with E-state index in [9.17, 15) is 0 Å². The molecule has 0 aliphatic heterocycles. The van der Waals surface area contributed by atoms with Crippen LogP contribution in [-0.2, 0) is 0 Å². The third-order valence-corrected chi connectivity index (χ3v) is 25.6. The summed E-state index contributed by atoms with van der Waals surface area (Å²) < 4.78 is 6.58. The molecule has 79 heavy (non-hydrogen) atoms. The predicted molar refractivity (Wildman–Crippen MR) is 330 cm³/mol. The molecular weight excluding hydrogens is 995 g/mol. The van der Waals surface area contributed by atoms with E-state index < -0.39 is 16.1 Å². The minimum Gasteiger partial charge on any atom is -0.278 e. The van der Waals surface area contributed by atoms with Crippen molar-refractivity contribution in [3.63, 3.8) is 0 Å². The Hall–Kier alpha value is -10.1. The summed E-state index contributed by atoms with van der Waals surface area (Å²) in [4.78, 5) is 21.7. The van der Waals surface area contributed by atoms with Gasteiger partial charge in [0, 0.05) is 16.3 Å². The van der Waals surface area contributed by atoms with Gasteiger partial charge >= 0.3 is 0 Å². The fourth-order valence-corrected chi connectivity index (χ4v) is 22.2. The zero-order valence-corrected chi connectivity index (χ0v) is 44.9. The Kier molecular flexibility index (Phi) is 11.1. The molecule has 0 radical (unpaired) electrons. The predicted octanol–water partition coefficient (Wildman–Crippen LogP) is 10.1. The minimum absolute atomic E-state index is 0.473. The summed E-state index contributed by atoms with van der Waals surface area (Å²) in [5.41, 5.74) is 6.72. The van der Waals surface area contributed by atoms with Gasteiger partial charge in [0.25, 0.3) is 0 Å². The summed E-state index contributed by atoms with van der Waals surface area (Å²) in [6, 6.07) is 108. The molecule has 4 heterocycles. The highest BCUT2D eigenvalue weighted by Gasteiger charge is 2.43. The number of hydrogen-bond acceptors (Lipinski definition) is 4. The quantitative estimate of drug-likeness (QED) is 0.0957. The van der Waals surface area contributed by atoms with Crippen molar-refractivity contribution in [2.75, 3.05) is 0 Å². The molecule has 15 rings (SSSR count). The topological polar surface area (TPSA) is 65.8 Å². The molecule has 0 unspecified atom stereocenters. The zero-order valence-electron chi connectivity index (χ0n) is 42.9. The van der Waals surface area contributed by atoms with Crippen molar-refractivity contribution in [1.82, 2.24) is 33.5 Å². The summed E-state index contributed by atoms with van der Waals surface area (Å²) in [5, 5.41) is 12.7. The average molecular weight is 1040 g/mol. The first-order valence-corrected chi connectivity index (χ1v) is 30.8. The summed E-state index contributed by atoms with van der Waals surface area (Å²) in [7, 11) is -6.00. The van der Waals surface area contributed by atoms with Crippen LogP contribution in [0.3, 0.4) is 0 Å². The van der Waals surface area contributed by atoms with Gasteiger partial charge in [0.05, 0.1) is 33.1 Å². The molecule has 9 heteroatoms. The molecule has 11 aromatic carbocycles. The second kappa shape index (κ2) is 18.9. The molecule has 0 spiro atoms. The highest BCUT2D eigenvalue weighted by molar-refractivity contribution is 7.20. The third kappa shape index (κ3) is 7.24. The van der Waals surface area contributed by atoms with Gasteiger partial charge < -0.3 is 0 Å². The van der Waals surface area contributed by atoms with Gasteiger partial charge in [-0.15, -0.1) is 0 Å². The lowest BCUT2D eigenvalue weighted by atomic mass is 10.1. The normalized spacial score (nSPS) is 12.1. The molecule has 0 amide bonds. The molecule has 372 valence electrons. The second-order valence-electron chi connectivity index (χ2n) is 20.2. The van der Waals surface area contributed by atoms with Gasteiger partial charge in [-0.25, -0.2) is 9.55 Å². The van der Waals surface area contributed by atoms with E-state index in [1.165, 1.54) is 41.5 Å². The van der Waals surface area contributed by atoms with Crippen molar-refractivity contribution >= 4 is 107 Å². The van der Waals surface area contributed by atoms with Crippen molar-refractivity contribution in [1.29, 1.82) is 0 Å². The van der Waals surface area contributed by atoms with Crippen LogP contribution in [0.25, 0.3) is 72.9 Å². The van der Waals surface area contributed by atoms with Gasteiger partial charge in [0.15, 0.2) is 22.0 Å². The molecule has 0 atom stereocenters. The van der Waals surface area contributed by atoms with Crippen molar-refractivity contribution in [3.05, 3.63) is 297 Å². The third-order valence-electron chi connectivity index (χ3n) is 16.0. The number of fused-ring (bicyclic) bond motifs is 8. The lowest BCUT2D eigenvalue weighted by Gasteiger charge is -2.34. The van der Waals surface area contributed by atoms with E-state index in [0.29, 0.717) is 17.7 Å². The number of para-hydroxylation sites is 4. The fourth-order valence-electron chi connectivity index (χ4n) is 12.7. The maximum absolute atomic E-state index is 5.61. The molecule has 0 saturated carbocycles. The lowest BCUT2D eigenvalue weighted by molar-refractivity contribution is 0.885. The summed E-state index contributed by atoms with van der Waals surface area (Å²) in [5.74, 6) is 2.26. The van der Waals surface area contributed by atoms with Gasteiger partial charge in [0.1, 0.15) is 0 Å². The number of benzene rings is 11. The number of rotatable bonds is 11. The van der Waals surface area contributed by atoms with Gasteiger partial charge in [-0.3, -0.25) is 8.97 Å². The molecule has 0 saturated heterocycles. The standard InChI is InChI=1S/C70H49N7Si2/c1-8-26-50(27-9-1)67-72-68(74-69(73-67)77-66-43-25-24-42-65(66)76-64-41-23-22-40-61(64)71-70(76)77)75-62-46-44-57(78(51-28-10-2-11-29-51,52-30-12-3-13-31-52)53-32-14-4-15-33-53)48-59(62)60-49-58(45-47-63(60)75)79(54-34-16-5-17-35-54,55-36-18-6-19-37-55)56-38-20-7-21-39-56/h1-49H. The molecule has 0 aliphatic carbocycles. The summed E-state index contributed by atoms with van der Waals surface area (Å²) in [6.07, 6.45) is 0. The molecule has 0 bridgehead atoms. The Labute approximate surface area is 458 Å². The van der Waals surface area contributed by atoms with Crippen LogP contribution in [-0.4, -0.2) is 49.6 Å².